The van der Waals surface area contributed by atoms with Crippen LogP contribution >= 0.6 is 22.6 Å². The van der Waals surface area contributed by atoms with E-state index in [1.165, 1.54) is 32.1 Å². The van der Waals surface area contributed by atoms with Gasteiger partial charge in [0, 0.05) is 10.8 Å². The second-order valence-electron chi connectivity index (χ2n) is 8.68. The third-order valence-corrected chi connectivity index (χ3v) is 5.74. The topological polar surface area (TPSA) is 100 Å². The molecule has 0 spiro atoms. The Kier molecular flexibility index (Phi) is 35.8. The lowest BCUT2D eigenvalue weighted by Gasteiger charge is -2.09. The Morgan fingerprint density at radius 2 is 0.744 bits per heavy atom. The van der Waals surface area contributed by atoms with E-state index in [9.17, 15) is 4.79 Å². The van der Waals surface area contributed by atoms with E-state index in [2.05, 4.69) is 29.5 Å². The number of unbranched alkanes of at least 4 members (excludes halogenated alkanes) is 6. The molecule has 11 heteroatoms. The number of carbonyl (C=O) groups excluding carboxylic acids is 1. The normalized spacial score (nSPS) is 11.3. The highest BCUT2D eigenvalue weighted by molar-refractivity contribution is 14.1. The summed E-state index contributed by atoms with van der Waals surface area (Å²) in [6, 6.07) is 0. The number of alkyl halides is 1. The molecule has 0 fully saturated rings. The minimum absolute atomic E-state index is 0.136. The molecule has 0 saturated carbocycles. The standard InChI is InChI=1S/C28H55IO10/c1-2-3-4-5-6-7-8-9-28(30)39-27-26-38-25-24-37-23-22-36-21-20-35-19-18-34-17-16-33-15-14-32-13-12-31-11-10-29/h2-27H2,1H3. The SMILES string of the molecule is CCCCCCCCCC(=O)OCCOCCOCCOCCOCCOCCOCCOCCOCCI. The van der Waals surface area contributed by atoms with E-state index in [4.69, 9.17) is 42.6 Å². The van der Waals surface area contributed by atoms with Crippen molar-refractivity contribution < 1.29 is 47.4 Å². The molecule has 0 aromatic carbocycles. The fraction of sp³-hybridized carbons (Fsp3) is 0.964. The van der Waals surface area contributed by atoms with Crippen molar-refractivity contribution in [3.05, 3.63) is 0 Å². The first-order valence-electron chi connectivity index (χ1n) is 14.6. The van der Waals surface area contributed by atoms with Crippen molar-refractivity contribution in [1.82, 2.24) is 0 Å². The largest absolute Gasteiger partial charge is 0.463 e. The zero-order chi connectivity index (χ0) is 28.3. The minimum atomic E-state index is -0.136. The van der Waals surface area contributed by atoms with E-state index in [0.29, 0.717) is 112 Å². The van der Waals surface area contributed by atoms with Gasteiger partial charge in [-0.05, 0) is 6.42 Å². The highest BCUT2D eigenvalue weighted by Gasteiger charge is 2.02. The molecule has 0 radical (unpaired) electrons. The Hall–Kier alpha value is -0.120. The van der Waals surface area contributed by atoms with Gasteiger partial charge in [0.1, 0.15) is 6.61 Å². The van der Waals surface area contributed by atoms with Crippen molar-refractivity contribution in [3.8, 4) is 0 Å². The van der Waals surface area contributed by atoms with Gasteiger partial charge in [0.25, 0.3) is 0 Å². The van der Waals surface area contributed by atoms with Crippen LogP contribution in [-0.2, 0) is 47.4 Å². The summed E-state index contributed by atoms with van der Waals surface area (Å²) in [6.07, 6.45) is 8.84. The summed E-state index contributed by atoms with van der Waals surface area (Å²) in [5, 5.41) is 0. The number of halogens is 1. The van der Waals surface area contributed by atoms with Crippen LogP contribution in [0, 0.1) is 0 Å². The van der Waals surface area contributed by atoms with Crippen molar-refractivity contribution in [1.29, 1.82) is 0 Å². The van der Waals surface area contributed by atoms with E-state index < -0.39 is 0 Å². The van der Waals surface area contributed by atoms with Gasteiger partial charge in [0.2, 0.25) is 0 Å². The molecule has 234 valence electrons. The molecule has 0 amide bonds. The zero-order valence-electron chi connectivity index (χ0n) is 24.3. The maximum atomic E-state index is 11.7. The van der Waals surface area contributed by atoms with E-state index in [1.807, 2.05) is 0 Å². The molecule has 10 nitrogen and oxygen atoms in total. The molecule has 0 unspecified atom stereocenters. The second-order valence-corrected chi connectivity index (χ2v) is 9.76. The predicted molar refractivity (Wildman–Crippen MR) is 159 cm³/mol. The molecule has 0 heterocycles. The summed E-state index contributed by atoms with van der Waals surface area (Å²) in [6.45, 7) is 11.1. The molecular weight excluding hydrogens is 623 g/mol. The summed E-state index contributed by atoms with van der Waals surface area (Å²) >= 11 is 2.28. The average molecular weight is 679 g/mol. The lowest BCUT2D eigenvalue weighted by molar-refractivity contribution is -0.145. The Balaban J connectivity index is 3.09. The molecule has 0 bridgehead atoms. The van der Waals surface area contributed by atoms with Gasteiger partial charge in [0.15, 0.2) is 0 Å². The predicted octanol–water partition coefficient (Wildman–Crippen LogP) is 4.24. The summed E-state index contributed by atoms with van der Waals surface area (Å²) in [5.41, 5.74) is 0. The van der Waals surface area contributed by atoms with Gasteiger partial charge in [-0.15, -0.1) is 0 Å². The first-order valence-corrected chi connectivity index (χ1v) is 16.2. The number of ether oxygens (including phenoxy) is 9. The van der Waals surface area contributed by atoms with E-state index >= 15 is 0 Å². The fourth-order valence-electron chi connectivity index (χ4n) is 3.21. The smallest absolute Gasteiger partial charge is 0.305 e. The van der Waals surface area contributed by atoms with Gasteiger partial charge in [-0.1, -0.05) is 68.0 Å². The van der Waals surface area contributed by atoms with Crippen LogP contribution < -0.4 is 0 Å². The maximum absolute atomic E-state index is 11.7. The van der Waals surface area contributed by atoms with Gasteiger partial charge in [-0.2, -0.15) is 0 Å². The van der Waals surface area contributed by atoms with E-state index in [-0.39, 0.29) is 5.97 Å². The van der Waals surface area contributed by atoms with Gasteiger partial charge >= 0.3 is 5.97 Å². The van der Waals surface area contributed by atoms with Crippen molar-refractivity contribution in [2.24, 2.45) is 0 Å². The molecule has 0 aromatic heterocycles. The Morgan fingerprint density at radius 1 is 0.436 bits per heavy atom. The first-order chi connectivity index (χ1) is 19.3. The van der Waals surface area contributed by atoms with Crippen molar-refractivity contribution in [3.63, 3.8) is 0 Å². The summed E-state index contributed by atoms with van der Waals surface area (Å²) in [5.74, 6) is -0.136. The van der Waals surface area contributed by atoms with Crippen LogP contribution in [0.5, 0.6) is 0 Å². The molecule has 0 atom stereocenters. The Labute approximate surface area is 250 Å². The molecule has 0 aliphatic rings. The molecule has 0 aromatic rings. The third-order valence-electron chi connectivity index (χ3n) is 5.30. The number of hydrogen-bond donors (Lipinski definition) is 0. The molecule has 0 N–H and O–H groups in total. The van der Waals surface area contributed by atoms with Crippen LogP contribution in [0.15, 0.2) is 0 Å². The highest BCUT2D eigenvalue weighted by atomic mass is 127. The van der Waals surface area contributed by atoms with Crippen LogP contribution in [0.3, 0.4) is 0 Å². The molecule has 0 saturated heterocycles. The highest BCUT2D eigenvalue weighted by Crippen LogP contribution is 2.08. The van der Waals surface area contributed by atoms with Gasteiger partial charge in [-0.3, -0.25) is 4.79 Å². The van der Waals surface area contributed by atoms with Crippen molar-refractivity contribution in [2.45, 2.75) is 58.3 Å². The molecular formula is C28H55IO10. The van der Waals surface area contributed by atoms with E-state index in [0.717, 1.165) is 23.9 Å². The second kappa shape index (κ2) is 35.9. The third kappa shape index (κ3) is 35.9. The minimum Gasteiger partial charge on any atom is -0.463 e. The van der Waals surface area contributed by atoms with Gasteiger partial charge in [0.05, 0.1) is 106 Å². The average Bonchev–Trinajstić information content (AvgIpc) is 2.94. The van der Waals surface area contributed by atoms with Crippen LogP contribution in [0.4, 0.5) is 0 Å². The van der Waals surface area contributed by atoms with Crippen LogP contribution in [0.25, 0.3) is 0 Å². The summed E-state index contributed by atoms with van der Waals surface area (Å²) in [4.78, 5) is 11.7. The van der Waals surface area contributed by atoms with Gasteiger partial charge < -0.3 is 42.6 Å². The Bertz CT molecular complexity index is 474. The monoisotopic (exact) mass is 678 g/mol. The first kappa shape index (κ1) is 38.9. The fourth-order valence-corrected chi connectivity index (χ4v) is 3.52. The Morgan fingerprint density at radius 3 is 1.10 bits per heavy atom. The van der Waals surface area contributed by atoms with Crippen molar-refractivity contribution >= 4 is 28.6 Å². The quantitative estimate of drug-likeness (QED) is 0.0426. The lowest BCUT2D eigenvalue weighted by atomic mass is 10.1. The van der Waals surface area contributed by atoms with Crippen LogP contribution in [0.1, 0.15) is 58.3 Å². The number of carbonyl (C=O) groups is 1. The molecule has 0 rings (SSSR count). The zero-order valence-corrected chi connectivity index (χ0v) is 26.5. The molecule has 0 aliphatic heterocycles. The van der Waals surface area contributed by atoms with Crippen LogP contribution in [0.2, 0.25) is 0 Å². The number of esters is 1. The van der Waals surface area contributed by atoms with Gasteiger partial charge in [-0.25, -0.2) is 0 Å². The lowest BCUT2D eigenvalue weighted by Crippen LogP contribution is -2.15. The number of rotatable bonds is 34. The summed E-state index contributed by atoms with van der Waals surface area (Å²) < 4.78 is 49.6. The van der Waals surface area contributed by atoms with Crippen LogP contribution in [-0.4, -0.2) is 123 Å². The maximum Gasteiger partial charge on any atom is 0.305 e. The molecule has 0 aliphatic carbocycles. The summed E-state index contributed by atoms with van der Waals surface area (Å²) in [7, 11) is 0. The van der Waals surface area contributed by atoms with Crippen molar-refractivity contribution in [2.75, 3.05) is 117 Å². The number of hydrogen-bond acceptors (Lipinski definition) is 10. The molecule has 39 heavy (non-hydrogen) atoms. The van der Waals surface area contributed by atoms with E-state index in [1.54, 1.807) is 0 Å².